The summed E-state index contributed by atoms with van der Waals surface area (Å²) in [5, 5.41) is 0. The summed E-state index contributed by atoms with van der Waals surface area (Å²) in [6, 6.07) is 0. The Hall–Kier alpha value is -0.0351. The third kappa shape index (κ3) is 3.58. The molecule has 0 aliphatic carbocycles. The zero-order chi connectivity index (χ0) is 9.19. The average molecular weight is 200 g/mol. The molecule has 1 aliphatic heterocycles. The van der Waals surface area contributed by atoms with Gasteiger partial charge in [-0.05, 0) is 6.44 Å². The van der Waals surface area contributed by atoms with Gasteiger partial charge in [0.25, 0.3) is 0 Å². The summed E-state index contributed by atoms with van der Waals surface area (Å²) >= 11 is 0. The van der Waals surface area contributed by atoms with E-state index >= 15 is 0 Å². The summed E-state index contributed by atoms with van der Waals surface area (Å²) < 4.78 is 46.4. The van der Waals surface area contributed by atoms with Gasteiger partial charge in [-0.2, -0.15) is 0 Å². The topological polar surface area (TPSA) is 20.3 Å². The quantitative estimate of drug-likeness (QED) is 0.602. The summed E-state index contributed by atoms with van der Waals surface area (Å²) in [4.78, 5) is 1.32. The average Bonchev–Trinajstić information content (AvgIpc) is 1.91. The molecule has 0 unspecified atom stereocenters. The van der Waals surface area contributed by atoms with Crippen LogP contribution in [0, 0.1) is 0 Å². The van der Waals surface area contributed by atoms with Gasteiger partial charge in [-0.15, -0.1) is 0 Å². The molecule has 1 heterocycles. The molecule has 1 saturated heterocycles. The van der Waals surface area contributed by atoms with Crippen molar-refractivity contribution in [2.75, 3.05) is 31.0 Å². The van der Waals surface area contributed by atoms with Crippen molar-refractivity contribution in [2.24, 2.45) is 0 Å². The Morgan fingerprint density at radius 2 is 1.75 bits per heavy atom. The van der Waals surface area contributed by atoms with Crippen LogP contribution >= 0.6 is 0 Å². The number of hydrogen-bond acceptors (Lipinski definition) is 2. The van der Waals surface area contributed by atoms with Crippen molar-refractivity contribution >= 4 is 17.8 Å². The Kier molecular flexibility index (Phi) is 3.17. The van der Waals surface area contributed by atoms with Crippen LogP contribution in [-0.4, -0.2) is 47.1 Å². The zero-order valence-corrected chi connectivity index (χ0v) is 7.33. The van der Waals surface area contributed by atoms with Crippen molar-refractivity contribution in [3.63, 3.8) is 0 Å². The van der Waals surface area contributed by atoms with Crippen LogP contribution in [0.15, 0.2) is 0 Å². The first-order valence-corrected chi connectivity index (χ1v) is 5.24. The summed E-state index contributed by atoms with van der Waals surface area (Å²) in [5.74, 6) is 0.762. The largest absolute Gasteiger partial charge is 0.492 e. The Bertz CT molecular complexity index is 176. The molecule has 0 bridgehead atoms. The molecule has 0 aromatic carbocycles. The van der Waals surface area contributed by atoms with Gasteiger partial charge >= 0.3 is 6.98 Å². The van der Waals surface area contributed by atoms with Crippen molar-refractivity contribution in [3.8, 4) is 0 Å². The van der Waals surface area contributed by atoms with Crippen LogP contribution in [0.1, 0.15) is 0 Å². The van der Waals surface area contributed by atoms with Crippen LogP contribution in [0.3, 0.4) is 0 Å². The van der Waals surface area contributed by atoms with E-state index in [0.29, 0.717) is 24.6 Å². The van der Waals surface area contributed by atoms with Crippen LogP contribution in [0.2, 0.25) is 0 Å². The van der Waals surface area contributed by atoms with Crippen LogP contribution in [0.4, 0.5) is 12.9 Å². The van der Waals surface area contributed by atoms with E-state index in [-0.39, 0.29) is 0 Å². The summed E-state index contributed by atoms with van der Waals surface area (Å²) in [5.41, 5.74) is 0. The highest BCUT2D eigenvalue weighted by Crippen LogP contribution is 2.11. The lowest BCUT2D eigenvalue weighted by atomic mass is 9.91. The minimum Gasteiger partial charge on any atom is -0.448 e. The monoisotopic (exact) mass is 200 g/mol. The van der Waals surface area contributed by atoms with Crippen molar-refractivity contribution in [2.45, 2.75) is 0 Å². The number of rotatable bonds is 2. The van der Waals surface area contributed by atoms with E-state index in [2.05, 4.69) is 0 Å². The predicted molar refractivity (Wildman–Crippen MR) is 43.4 cm³/mol. The van der Waals surface area contributed by atoms with Gasteiger partial charge in [-0.1, -0.05) is 0 Å². The zero-order valence-electron chi connectivity index (χ0n) is 6.51. The second-order valence-electron chi connectivity index (χ2n) is 2.86. The van der Waals surface area contributed by atoms with Crippen LogP contribution in [0.25, 0.3) is 0 Å². The van der Waals surface area contributed by atoms with Gasteiger partial charge in [0.2, 0.25) is 0 Å². The summed E-state index contributed by atoms with van der Waals surface area (Å²) in [6.45, 7) is -4.09. The fraction of sp³-hybridized carbons (Fsp3) is 1.00. The molecule has 0 N–H and O–H groups in total. The Morgan fingerprint density at radius 3 is 2.17 bits per heavy atom. The van der Waals surface area contributed by atoms with Gasteiger partial charge in [0, 0.05) is 35.4 Å². The third-order valence-electron chi connectivity index (χ3n) is 1.74. The third-order valence-corrected chi connectivity index (χ3v) is 3.01. The second kappa shape index (κ2) is 3.78. The van der Waals surface area contributed by atoms with E-state index in [9.17, 15) is 17.2 Å². The Morgan fingerprint density at radius 1 is 1.25 bits per heavy atom. The molecule has 1 aliphatic rings. The highest BCUT2D eigenvalue weighted by molar-refractivity contribution is 7.85. The number of halogens is 3. The highest BCUT2D eigenvalue weighted by atomic mass is 32.2. The number of nitrogens with zero attached hydrogens (tertiary/aromatic N) is 1. The lowest BCUT2D eigenvalue weighted by molar-refractivity contribution is 0.300. The SMILES string of the molecule is O=S1CCN(C[B-](F)(F)F)CC1. The molecule has 7 heteroatoms. The summed E-state index contributed by atoms with van der Waals surface area (Å²) in [6.07, 6.45) is -0.808. The molecule has 0 atom stereocenters. The van der Waals surface area contributed by atoms with Crippen molar-refractivity contribution in [1.29, 1.82) is 0 Å². The first-order valence-electron chi connectivity index (χ1n) is 3.76. The highest BCUT2D eigenvalue weighted by Gasteiger charge is 2.27. The van der Waals surface area contributed by atoms with Crippen LogP contribution < -0.4 is 0 Å². The van der Waals surface area contributed by atoms with Gasteiger partial charge in [0.15, 0.2) is 0 Å². The lowest BCUT2D eigenvalue weighted by Gasteiger charge is -2.30. The molecule has 12 heavy (non-hydrogen) atoms. The van der Waals surface area contributed by atoms with E-state index in [1.54, 1.807) is 0 Å². The minimum absolute atomic E-state index is 0.313. The minimum atomic E-state index is -4.72. The smallest absolute Gasteiger partial charge is 0.448 e. The van der Waals surface area contributed by atoms with E-state index in [4.69, 9.17) is 0 Å². The molecule has 0 saturated carbocycles. The first kappa shape index (κ1) is 10.0. The molecule has 0 spiro atoms. The molecule has 72 valence electrons. The Labute approximate surface area is 71.6 Å². The molecule has 0 aromatic heterocycles. The molecule has 1 fully saturated rings. The second-order valence-corrected chi connectivity index (χ2v) is 4.56. The van der Waals surface area contributed by atoms with Crippen LogP contribution in [-0.2, 0) is 10.8 Å². The molecule has 2 nitrogen and oxygen atoms in total. The molecule has 1 rings (SSSR count). The van der Waals surface area contributed by atoms with E-state index in [0.717, 1.165) is 0 Å². The standard InChI is InChI=1S/C5H10BF3NOS/c7-6(8,9)5-10-1-3-12(11)4-2-10/h1-5H2/q-1. The molecule has 0 amide bonds. The van der Waals surface area contributed by atoms with Gasteiger partial charge in [-0.3, -0.25) is 4.21 Å². The van der Waals surface area contributed by atoms with Gasteiger partial charge in [0.05, 0.1) is 0 Å². The van der Waals surface area contributed by atoms with E-state index < -0.39 is 24.2 Å². The lowest BCUT2D eigenvalue weighted by Crippen LogP contribution is -2.45. The predicted octanol–water partition coefficient (Wildman–Crippen LogP) is 0.437. The normalized spacial score (nSPS) is 22.9. The van der Waals surface area contributed by atoms with Crippen molar-refractivity contribution < 1.29 is 17.2 Å². The number of hydrogen-bond donors (Lipinski definition) is 0. The first-order chi connectivity index (χ1) is 5.47. The molecule has 0 aromatic rings. The Balaban J connectivity index is 2.31. The maximum Gasteiger partial charge on any atom is 0.492 e. The fourth-order valence-electron chi connectivity index (χ4n) is 1.15. The molecule has 0 radical (unpaired) electrons. The van der Waals surface area contributed by atoms with Gasteiger partial charge < -0.3 is 17.8 Å². The van der Waals surface area contributed by atoms with Crippen molar-refractivity contribution in [3.05, 3.63) is 0 Å². The van der Waals surface area contributed by atoms with E-state index in [1.165, 1.54) is 4.90 Å². The van der Waals surface area contributed by atoms with Crippen molar-refractivity contribution in [1.82, 2.24) is 4.90 Å². The van der Waals surface area contributed by atoms with Crippen LogP contribution in [0.5, 0.6) is 0 Å². The maximum atomic E-state index is 11.9. The summed E-state index contributed by atoms with van der Waals surface area (Å²) in [7, 11) is -0.891. The molecular weight excluding hydrogens is 190 g/mol. The maximum absolute atomic E-state index is 11.9. The van der Waals surface area contributed by atoms with E-state index in [1.807, 2.05) is 0 Å². The van der Waals surface area contributed by atoms with Gasteiger partial charge in [-0.25, -0.2) is 0 Å². The fourth-order valence-corrected chi connectivity index (χ4v) is 2.28. The molecular formula is C5H10BF3NOS-. The van der Waals surface area contributed by atoms with Gasteiger partial charge in [0.1, 0.15) is 0 Å².